The number of rotatable bonds is 7. The Morgan fingerprint density at radius 1 is 1.21 bits per heavy atom. The summed E-state index contributed by atoms with van der Waals surface area (Å²) in [5, 5.41) is 8.60. The van der Waals surface area contributed by atoms with Crippen LogP contribution in [0.15, 0.2) is 24.3 Å². The number of nitrogens with one attached hydrogen (secondary N) is 3. The van der Waals surface area contributed by atoms with Gasteiger partial charge in [-0.15, -0.1) is 0 Å². The maximum absolute atomic E-state index is 12.4. The van der Waals surface area contributed by atoms with Gasteiger partial charge < -0.3 is 25.4 Å². The topological polar surface area (TPSA) is 88.7 Å². The molecule has 1 aliphatic heterocycles. The molecule has 2 amide bonds. The van der Waals surface area contributed by atoms with Gasteiger partial charge in [0.05, 0.1) is 13.2 Å². The van der Waals surface area contributed by atoms with E-state index in [9.17, 15) is 9.59 Å². The quantitative estimate of drug-likeness (QED) is 0.689. The summed E-state index contributed by atoms with van der Waals surface area (Å²) in [6.07, 6.45) is 1.19. The molecule has 1 aromatic carbocycles. The number of hydrogen-bond acceptors (Lipinski definition) is 5. The van der Waals surface area contributed by atoms with Gasteiger partial charge in [0.25, 0.3) is 5.91 Å². The molecule has 1 aliphatic rings. The highest BCUT2D eigenvalue weighted by atomic mass is 16.5. The van der Waals surface area contributed by atoms with Gasteiger partial charge in [-0.2, -0.15) is 0 Å². The van der Waals surface area contributed by atoms with Gasteiger partial charge >= 0.3 is 0 Å². The van der Waals surface area contributed by atoms with Crippen molar-refractivity contribution in [1.29, 1.82) is 0 Å². The third kappa shape index (κ3) is 4.69. The predicted octanol–water partition coefficient (Wildman–Crippen LogP) is 0.909. The zero-order valence-corrected chi connectivity index (χ0v) is 14.2. The van der Waals surface area contributed by atoms with Crippen LogP contribution in [0, 0.1) is 0 Å². The molecule has 1 fully saturated rings. The fourth-order valence-electron chi connectivity index (χ4n) is 2.68. The summed E-state index contributed by atoms with van der Waals surface area (Å²) in [5.41, 5.74) is -0.189. The van der Waals surface area contributed by atoms with E-state index in [0.29, 0.717) is 25.1 Å². The summed E-state index contributed by atoms with van der Waals surface area (Å²) >= 11 is 0. The highest BCUT2D eigenvalue weighted by molar-refractivity contribution is 5.96. The molecule has 1 aromatic rings. The van der Waals surface area contributed by atoms with E-state index in [1.54, 1.807) is 24.3 Å². The molecule has 132 valence electrons. The standard InChI is InChI=1S/C17H25N3O4/c1-3-24-14-6-4-13(5-7-14)20-15(21)12-19-16(22)17(23-2)8-10-18-11-9-17/h4-7,18H,3,8-12H2,1-2H3,(H,19,22)(H,20,21). The van der Waals surface area contributed by atoms with Crippen molar-refractivity contribution in [3.05, 3.63) is 24.3 Å². The highest BCUT2D eigenvalue weighted by Gasteiger charge is 2.39. The van der Waals surface area contributed by atoms with Crippen LogP contribution < -0.4 is 20.7 Å². The van der Waals surface area contributed by atoms with Crippen LogP contribution in [0.4, 0.5) is 5.69 Å². The first-order chi connectivity index (χ1) is 11.6. The number of anilines is 1. The maximum Gasteiger partial charge on any atom is 0.252 e. The second kappa shape index (κ2) is 8.65. The Balaban J connectivity index is 1.82. The third-order valence-corrected chi connectivity index (χ3v) is 4.07. The lowest BCUT2D eigenvalue weighted by Gasteiger charge is -2.34. The molecule has 2 rings (SSSR count). The molecule has 0 spiro atoms. The molecule has 0 unspecified atom stereocenters. The van der Waals surface area contributed by atoms with Crippen molar-refractivity contribution in [1.82, 2.24) is 10.6 Å². The zero-order valence-electron chi connectivity index (χ0n) is 14.2. The van der Waals surface area contributed by atoms with Crippen molar-refractivity contribution in [2.75, 3.05) is 38.7 Å². The summed E-state index contributed by atoms with van der Waals surface area (Å²) in [4.78, 5) is 24.4. The molecule has 0 aromatic heterocycles. The van der Waals surface area contributed by atoms with Crippen LogP contribution in [0.3, 0.4) is 0 Å². The van der Waals surface area contributed by atoms with E-state index >= 15 is 0 Å². The van der Waals surface area contributed by atoms with Gasteiger partial charge in [0.2, 0.25) is 5.91 Å². The van der Waals surface area contributed by atoms with E-state index in [4.69, 9.17) is 9.47 Å². The van der Waals surface area contributed by atoms with Crippen LogP contribution in [0.25, 0.3) is 0 Å². The van der Waals surface area contributed by atoms with E-state index in [1.165, 1.54) is 7.11 Å². The summed E-state index contributed by atoms with van der Waals surface area (Å²) in [5.74, 6) is 0.220. The molecule has 0 bridgehead atoms. The first-order valence-electron chi connectivity index (χ1n) is 8.16. The average Bonchev–Trinajstić information content (AvgIpc) is 2.62. The lowest BCUT2D eigenvalue weighted by Crippen LogP contribution is -2.55. The summed E-state index contributed by atoms with van der Waals surface area (Å²) in [7, 11) is 1.53. The van der Waals surface area contributed by atoms with Gasteiger partial charge in [0, 0.05) is 12.8 Å². The second-order valence-corrected chi connectivity index (χ2v) is 5.64. The normalized spacial score (nSPS) is 16.2. The van der Waals surface area contributed by atoms with Crippen molar-refractivity contribution in [3.63, 3.8) is 0 Å². The van der Waals surface area contributed by atoms with Crippen molar-refractivity contribution in [2.45, 2.75) is 25.4 Å². The number of carbonyl (C=O) groups excluding carboxylic acids is 2. The minimum absolute atomic E-state index is 0.0927. The number of piperidine rings is 1. The van der Waals surface area contributed by atoms with Crippen LogP contribution in [-0.2, 0) is 14.3 Å². The molecule has 0 atom stereocenters. The van der Waals surface area contributed by atoms with Crippen LogP contribution in [0.2, 0.25) is 0 Å². The molecular weight excluding hydrogens is 310 g/mol. The van der Waals surface area contributed by atoms with Crippen LogP contribution in [-0.4, -0.2) is 50.8 Å². The number of ether oxygens (including phenoxy) is 2. The molecule has 7 nitrogen and oxygen atoms in total. The number of carbonyl (C=O) groups is 2. The molecule has 0 aliphatic carbocycles. The molecule has 0 radical (unpaired) electrons. The van der Waals surface area contributed by atoms with Gasteiger partial charge in [0.1, 0.15) is 11.4 Å². The summed E-state index contributed by atoms with van der Waals surface area (Å²) in [6.45, 7) is 3.85. The van der Waals surface area contributed by atoms with Gasteiger partial charge in [-0.25, -0.2) is 0 Å². The van der Waals surface area contributed by atoms with Gasteiger partial charge in [-0.05, 0) is 57.1 Å². The number of amides is 2. The lowest BCUT2D eigenvalue weighted by atomic mass is 9.91. The van der Waals surface area contributed by atoms with Crippen LogP contribution in [0.1, 0.15) is 19.8 Å². The van der Waals surface area contributed by atoms with Gasteiger partial charge in [-0.1, -0.05) is 0 Å². The Morgan fingerprint density at radius 3 is 2.46 bits per heavy atom. The molecular formula is C17H25N3O4. The first kappa shape index (κ1) is 18.2. The van der Waals surface area contributed by atoms with Crippen LogP contribution in [0.5, 0.6) is 5.75 Å². The summed E-state index contributed by atoms with van der Waals surface area (Å²) < 4.78 is 10.8. The Morgan fingerprint density at radius 2 is 1.88 bits per heavy atom. The largest absolute Gasteiger partial charge is 0.494 e. The van der Waals surface area contributed by atoms with Crippen molar-refractivity contribution >= 4 is 17.5 Å². The SMILES string of the molecule is CCOc1ccc(NC(=O)CNC(=O)C2(OC)CCNCC2)cc1. The molecule has 24 heavy (non-hydrogen) atoms. The maximum atomic E-state index is 12.4. The Labute approximate surface area is 142 Å². The molecule has 0 saturated carbocycles. The Hall–Kier alpha value is -2.12. The van der Waals surface area contributed by atoms with Gasteiger partial charge in [-0.3, -0.25) is 9.59 Å². The fourth-order valence-corrected chi connectivity index (χ4v) is 2.68. The second-order valence-electron chi connectivity index (χ2n) is 5.64. The predicted molar refractivity (Wildman–Crippen MR) is 91.1 cm³/mol. The van der Waals surface area contributed by atoms with Crippen LogP contribution >= 0.6 is 0 Å². The fraction of sp³-hybridized carbons (Fsp3) is 0.529. The monoisotopic (exact) mass is 335 g/mol. The molecule has 7 heteroatoms. The molecule has 1 saturated heterocycles. The Bertz CT molecular complexity index is 553. The minimum Gasteiger partial charge on any atom is -0.494 e. The number of benzene rings is 1. The van der Waals surface area contributed by atoms with Crippen molar-refractivity contribution < 1.29 is 19.1 Å². The Kier molecular flexibility index (Phi) is 6.57. The smallest absolute Gasteiger partial charge is 0.252 e. The van der Waals surface area contributed by atoms with Crippen molar-refractivity contribution in [3.8, 4) is 5.75 Å². The third-order valence-electron chi connectivity index (χ3n) is 4.07. The zero-order chi connectivity index (χ0) is 17.4. The van der Waals surface area contributed by atoms with E-state index in [2.05, 4.69) is 16.0 Å². The van der Waals surface area contributed by atoms with E-state index < -0.39 is 5.60 Å². The van der Waals surface area contributed by atoms with E-state index in [0.717, 1.165) is 18.8 Å². The summed E-state index contributed by atoms with van der Waals surface area (Å²) in [6, 6.07) is 7.08. The molecule has 3 N–H and O–H groups in total. The minimum atomic E-state index is -0.843. The van der Waals surface area contributed by atoms with E-state index in [-0.39, 0.29) is 18.4 Å². The van der Waals surface area contributed by atoms with Crippen molar-refractivity contribution in [2.24, 2.45) is 0 Å². The number of methoxy groups -OCH3 is 1. The van der Waals surface area contributed by atoms with Gasteiger partial charge in [0.15, 0.2) is 0 Å². The highest BCUT2D eigenvalue weighted by Crippen LogP contribution is 2.22. The lowest BCUT2D eigenvalue weighted by molar-refractivity contribution is -0.147. The first-order valence-corrected chi connectivity index (χ1v) is 8.16. The average molecular weight is 335 g/mol. The van der Waals surface area contributed by atoms with E-state index in [1.807, 2.05) is 6.92 Å². The number of hydrogen-bond donors (Lipinski definition) is 3. The molecule has 1 heterocycles.